The van der Waals surface area contributed by atoms with E-state index in [-0.39, 0.29) is 12.6 Å². The molecule has 0 saturated heterocycles. The van der Waals surface area contributed by atoms with Crippen molar-refractivity contribution in [3.05, 3.63) is 53.7 Å². The summed E-state index contributed by atoms with van der Waals surface area (Å²) in [5.41, 5.74) is 2.72. The van der Waals surface area contributed by atoms with E-state index in [0.29, 0.717) is 12.1 Å². The van der Waals surface area contributed by atoms with Gasteiger partial charge in [0, 0.05) is 19.6 Å². The zero-order valence-electron chi connectivity index (χ0n) is 12.8. The lowest BCUT2D eigenvalue weighted by atomic mass is 10.1. The van der Waals surface area contributed by atoms with Crippen LogP contribution >= 0.6 is 0 Å². The number of nitrogens with zero attached hydrogens (tertiary/aromatic N) is 3. The largest absolute Gasteiger partial charge is 0.395 e. The molecule has 2 rings (SSSR count). The molecule has 0 aliphatic carbocycles. The number of hydrogen-bond donors (Lipinski definition) is 2. The first-order valence-electron chi connectivity index (χ1n) is 7.18. The van der Waals surface area contributed by atoms with Crippen LogP contribution in [0.2, 0.25) is 0 Å². The smallest absolute Gasteiger partial charge is 0.126 e. The van der Waals surface area contributed by atoms with Crippen LogP contribution in [0.5, 0.6) is 0 Å². The molecule has 5 nitrogen and oxygen atoms in total. The Balaban J connectivity index is 2.02. The fourth-order valence-electron chi connectivity index (χ4n) is 2.13. The minimum Gasteiger partial charge on any atom is -0.395 e. The van der Waals surface area contributed by atoms with Gasteiger partial charge in [-0.15, -0.1) is 0 Å². The predicted molar refractivity (Wildman–Crippen MR) is 87.8 cm³/mol. The van der Waals surface area contributed by atoms with Gasteiger partial charge in [-0.25, -0.2) is 4.98 Å². The molecule has 2 aromatic rings. The molecule has 1 unspecified atom stereocenters. The van der Waals surface area contributed by atoms with Gasteiger partial charge in [-0.1, -0.05) is 12.1 Å². The molecule has 0 spiro atoms. The molecule has 0 radical (unpaired) electrons. The molecule has 0 saturated carbocycles. The van der Waals surface area contributed by atoms with Crippen molar-refractivity contribution >= 4 is 11.5 Å². The second-order valence-corrected chi connectivity index (χ2v) is 5.15. The van der Waals surface area contributed by atoms with Gasteiger partial charge in [0.2, 0.25) is 0 Å². The summed E-state index contributed by atoms with van der Waals surface area (Å²) in [7, 11) is 1.92. The monoisotopic (exact) mass is 296 g/mol. The number of rotatable bonds is 6. The standard InChI is InChI=1S/C17H20N4O/c1-13(15-5-3-14(11-18)4-6-15)20-17-8-7-16(12-19-17)21(2)9-10-22/h3-8,12-13,22H,9-10H2,1-2H3,(H,19,20). The van der Waals surface area contributed by atoms with Crippen LogP contribution in [0.25, 0.3) is 0 Å². The summed E-state index contributed by atoms with van der Waals surface area (Å²) >= 11 is 0. The van der Waals surface area contributed by atoms with Gasteiger partial charge in [-0.3, -0.25) is 0 Å². The summed E-state index contributed by atoms with van der Waals surface area (Å²) in [6.07, 6.45) is 1.78. The predicted octanol–water partition coefficient (Wildman–Crippen LogP) is 2.55. The zero-order valence-corrected chi connectivity index (χ0v) is 12.8. The molecule has 2 N–H and O–H groups in total. The zero-order chi connectivity index (χ0) is 15.9. The number of nitrogens with one attached hydrogen (secondary N) is 1. The van der Waals surface area contributed by atoms with E-state index in [0.717, 1.165) is 17.1 Å². The van der Waals surface area contributed by atoms with E-state index in [4.69, 9.17) is 10.4 Å². The van der Waals surface area contributed by atoms with Crippen LogP contribution in [0.15, 0.2) is 42.6 Å². The highest BCUT2D eigenvalue weighted by atomic mass is 16.3. The molecule has 1 heterocycles. The third-order valence-electron chi connectivity index (χ3n) is 3.53. The SMILES string of the molecule is CC(Nc1ccc(N(C)CCO)cn1)c1ccc(C#N)cc1. The molecule has 0 amide bonds. The van der Waals surface area contributed by atoms with E-state index in [1.807, 2.05) is 48.3 Å². The van der Waals surface area contributed by atoms with Gasteiger partial charge in [0.15, 0.2) is 0 Å². The van der Waals surface area contributed by atoms with Crippen molar-refractivity contribution in [1.82, 2.24) is 4.98 Å². The Morgan fingerprint density at radius 1 is 1.27 bits per heavy atom. The van der Waals surface area contributed by atoms with Crippen LogP contribution in [-0.4, -0.2) is 30.3 Å². The summed E-state index contributed by atoms with van der Waals surface area (Å²) in [6, 6.07) is 13.6. The first kappa shape index (κ1) is 15.8. The van der Waals surface area contributed by atoms with E-state index in [1.165, 1.54) is 0 Å². The van der Waals surface area contributed by atoms with Crippen molar-refractivity contribution in [1.29, 1.82) is 5.26 Å². The van der Waals surface area contributed by atoms with Gasteiger partial charge in [-0.05, 0) is 36.8 Å². The van der Waals surface area contributed by atoms with Crippen molar-refractivity contribution in [2.75, 3.05) is 30.4 Å². The summed E-state index contributed by atoms with van der Waals surface area (Å²) in [6.45, 7) is 2.75. The van der Waals surface area contributed by atoms with Gasteiger partial charge in [0.25, 0.3) is 0 Å². The Labute approximate surface area is 130 Å². The van der Waals surface area contributed by atoms with Gasteiger partial charge in [0.05, 0.1) is 30.1 Å². The summed E-state index contributed by atoms with van der Waals surface area (Å²) in [4.78, 5) is 6.34. The highest BCUT2D eigenvalue weighted by Crippen LogP contribution is 2.20. The second-order valence-electron chi connectivity index (χ2n) is 5.15. The molecule has 0 aliphatic heterocycles. The first-order chi connectivity index (χ1) is 10.6. The number of benzene rings is 1. The highest BCUT2D eigenvalue weighted by Gasteiger charge is 2.07. The molecular formula is C17H20N4O. The minimum atomic E-state index is 0.0984. The van der Waals surface area contributed by atoms with Crippen LogP contribution in [0, 0.1) is 11.3 Å². The van der Waals surface area contributed by atoms with Gasteiger partial charge in [-0.2, -0.15) is 5.26 Å². The van der Waals surface area contributed by atoms with E-state index in [2.05, 4.69) is 23.3 Å². The fourth-order valence-corrected chi connectivity index (χ4v) is 2.13. The molecule has 0 aliphatic rings. The lowest BCUT2D eigenvalue weighted by molar-refractivity contribution is 0.304. The minimum absolute atomic E-state index is 0.0984. The van der Waals surface area contributed by atoms with E-state index in [1.54, 1.807) is 6.20 Å². The second kappa shape index (κ2) is 7.43. The highest BCUT2D eigenvalue weighted by molar-refractivity contribution is 5.49. The maximum atomic E-state index is 8.94. The topological polar surface area (TPSA) is 72.2 Å². The average molecular weight is 296 g/mol. The fraction of sp³-hybridized carbons (Fsp3) is 0.294. The Morgan fingerprint density at radius 2 is 2.00 bits per heavy atom. The number of aliphatic hydroxyl groups is 1. The number of aliphatic hydroxyl groups excluding tert-OH is 1. The Morgan fingerprint density at radius 3 is 2.55 bits per heavy atom. The molecular weight excluding hydrogens is 276 g/mol. The van der Waals surface area contributed by atoms with E-state index >= 15 is 0 Å². The third kappa shape index (κ3) is 3.96. The molecule has 22 heavy (non-hydrogen) atoms. The van der Waals surface area contributed by atoms with Crippen molar-refractivity contribution in [3.8, 4) is 6.07 Å². The Hall–Kier alpha value is -2.58. The summed E-state index contributed by atoms with van der Waals surface area (Å²) in [5, 5.41) is 21.1. The van der Waals surface area contributed by atoms with Gasteiger partial charge < -0.3 is 15.3 Å². The lowest BCUT2D eigenvalue weighted by Gasteiger charge is -2.19. The molecule has 0 bridgehead atoms. The third-order valence-corrected chi connectivity index (χ3v) is 3.53. The molecule has 1 aromatic carbocycles. The maximum absolute atomic E-state index is 8.94. The number of likely N-dealkylation sites (N-methyl/N-ethyl adjacent to an activating group) is 1. The average Bonchev–Trinajstić information content (AvgIpc) is 2.55. The van der Waals surface area contributed by atoms with Crippen LogP contribution in [0.3, 0.4) is 0 Å². The normalized spacial score (nSPS) is 11.5. The van der Waals surface area contributed by atoms with Crippen molar-refractivity contribution in [2.45, 2.75) is 13.0 Å². The van der Waals surface area contributed by atoms with Crippen LogP contribution in [-0.2, 0) is 0 Å². The number of nitriles is 1. The molecule has 0 fully saturated rings. The molecule has 1 aromatic heterocycles. The summed E-state index contributed by atoms with van der Waals surface area (Å²) < 4.78 is 0. The van der Waals surface area contributed by atoms with Gasteiger partial charge >= 0.3 is 0 Å². The van der Waals surface area contributed by atoms with E-state index in [9.17, 15) is 0 Å². The van der Waals surface area contributed by atoms with Gasteiger partial charge in [0.1, 0.15) is 5.82 Å². The van der Waals surface area contributed by atoms with E-state index < -0.39 is 0 Å². The number of hydrogen-bond acceptors (Lipinski definition) is 5. The number of pyridine rings is 1. The number of aromatic nitrogens is 1. The van der Waals surface area contributed by atoms with Crippen LogP contribution in [0.4, 0.5) is 11.5 Å². The van der Waals surface area contributed by atoms with Crippen molar-refractivity contribution < 1.29 is 5.11 Å². The van der Waals surface area contributed by atoms with Crippen molar-refractivity contribution in [3.63, 3.8) is 0 Å². The van der Waals surface area contributed by atoms with Crippen molar-refractivity contribution in [2.24, 2.45) is 0 Å². The first-order valence-corrected chi connectivity index (χ1v) is 7.18. The quantitative estimate of drug-likeness (QED) is 0.857. The number of anilines is 2. The maximum Gasteiger partial charge on any atom is 0.126 e. The summed E-state index contributed by atoms with van der Waals surface area (Å²) in [5.74, 6) is 0.790. The molecule has 114 valence electrons. The molecule has 5 heteroatoms. The lowest BCUT2D eigenvalue weighted by Crippen LogP contribution is -2.21. The Bertz CT molecular complexity index is 631. The van der Waals surface area contributed by atoms with Crippen LogP contribution < -0.4 is 10.2 Å². The molecule has 1 atom stereocenters. The van der Waals surface area contributed by atoms with Crippen LogP contribution in [0.1, 0.15) is 24.1 Å². The Kier molecular flexibility index (Phi) is 5.34.